The van der Waals surface area contributed by atoms with Gasteiger partial charge in [0.15, 0.2) is 0 Å². The van der Waals surface area contributed by atoms with Crippen molar-refractivity contribution in [3.8, 4) is 5.75 Å². The van der Waals surface area contributed by atoms with Gasteiger partial charge in [0.05, 0.1) is 6.20 Å². The van der Waals surface area contributed by atoms with Gasteiger partial charge in [-0.15, -0.1) is 0 Å². The van der Waals surface area contributed by atoms with Crippen LogP contribution in [0.2, 0.25) is 0 Å². The van der Waals surface area contributed by atoms with Gasteiger partial charge < -0.3 is 9.64 Å². The van der Waals surface area contributed by atoms with E-state index in [1.807, 2.05) is 17.0 Å². The SMILES string of the molecule is O=C(c1cccc(F)c1)N1C[C@H]2CC[C@@H](Oc3cccnc3)[C@H]2C1. The summed E-state index contributed by atoms with van der Waals surface area (Å²) in [5.74, 6) is 1.10. The molecule has 1 aromatic carbocycles. The minimum Gasteiger partial charge on any atom is -0.488 e. The predicted octanol–water partition coefficient (Wildman–Crippen LogP) is 3.15. The number of ether oxygens (including phenoxy) is 1. The fourth-order valence-corrected chi connectivity index (χ4v) is 3.92. The molecule has 0 N–H and O–H groups in total. The fraction of sp³-hybridized carbons (Fsp3) is 0.368. The Morgan fingerprint density at radius 2 is 2.12 bits per heavy atom. The highest BCUT2D eigenvalue weighted by Crippen LogP contribution is 2.40. The summed E-state index contributed by atoms with van der Waals surface area (Å²) in [5.41, 5.74) is 0.416. The average Bonchev–Trinajstić information content (AvgIpc) is 3.17. The smallest absolute Gasteiger partial charge is 0.253 e. The number of benzene rings is 1. The van der Waals surface area contributed by atoms with E-state index in [-0.39, 0.29) is 17.8 Å². The zero-order chi connectivity index (χ0) is 16.5. The third kappa shape index (κ3) is 2.86. The van der Waals surface area contributed by atoms with Crippen LogP contribution in [0.15, 0.2) is 48.8 Å². The van der Waals surface area contributed by atoms with Crippen LogP contribution in [0.1, 0.15) is 23.2 Å². The van der Waals surface area contributed by atoms with Gasteiger partial charge >= 0.3 is 0 Å². The molecule has 5 heteroatoms. The second kappa shape index (κ2) is 6.23. The van der Waals surface area contributed by atoms with Crippen LogP contribution in [0.25, 0.3) is 0 Å². The van der Waals surface area contributed by atoms with Gasteiger partial charge in [-0.3, -0.25) is 9.78 Å². The number of nitrogens with zero attached hydrogens (tertiary/aromatic N) is 2. The number of fused-ring (bicyclic) bond motifs is 1. The molecular formula is C19H19FN2O2. The lowest BCUT2D eigenvalue weighted by molar-refractivity contribution is 0.0762. The van der Waals surface area contributed by atoms with Crippen molar-refractivity contribution in [1.82, 2.24) is 9.88 Å². The van der Waals surface area contributed by atoms with Gasteiger partial charge in [-0.2, -0.15) is 0 Å². The lowest BCUT2D eigenvalue weighted by Crippen LogP contribution is -2.32. The van der Waals surface area contributed by atoms with Gasteiger partial charge in [0.25, 0.3) is 5.91 Å². The van der Waals surface area contributed by atoms with Crippen molar-refractivity contribution in [2.24, 2.45) is 11.8 Å². The summed E-state index contributed by atoms with van der Waals surface area (Å²) in [5, 5.41) is 0. The molecule has 1 saturated carbocycles. The molecule has 24 heavy (non-hydrogen) atoms. The normalized spacial score (nSPS) is 25.5. The van der Waals surface area contributed by atoms with E-state index in [4.69, 9.17) is 4.74 Å². The zero-order valence-corrected chi connectivity index (χ0v) is 13.3. The first kappa shape index (κ1) is 15.1. The average molecular weight is 326 g/mol. The van der Waals surface area contributed by atoms with Gasteiger partial charge in [0.2, 0.25) is 0 Å². The molecule has 4 rings (SSSR count). The van der Waals surface area contributed by atoms with Crippen molar-refractivity contribution in [1.29, 1.82) is 0 Å². The second-order valence-corrected chi connectivity index (χ2v) is 6.57. The molecule has 0 unspecified atom stereocenters. The summed E-state index contributed by atoms with van der Waals surface area (Å²) in [6, 6.07) is 9.67. The van der Waals surface area contributed by atoms with Gasteiger partial charge in [-0.05, 0) is 49.1 Å². The number of rotatable bonds is 3. The van der Waals surface area contributed by atoms with E-state index in [0.29, 0.717) is 23.9 Å². The van der Waals surface area contributed by atoms with Crippen molar-refractivity contribution in [2.75, 3.05) is 13.1 Å². The molecule has 1 aromatic heterocycles. The van der Waals surface area contributed by atoms with Crippen LogP contribution in [0.3, 0.4) is 0 Å². The zero-order valence-electron chi connectivity index (χ0n) is 13.3. The largest absolute Gasteiger partial charge is 0.488 e. The monoisotopic (exact) mass is 326 g/mol. The summed E-state index contributed by atoms with van der Waals surface area (Å²) >= 11 is 0. The highest BCUT2D eigenvalue weighted by molar-refractivity contribution is 5.94. The Balaban J connectivity index is 1.45. The van der Waals surface area contributed by atoms with Crippen LogP contribution in [0.4, 0.5) is 4.39 Å². The molecule has 1 aliphatic heterocycles. The Hall–Kier alpha value is -2.43. The number of hydrogen-bond donors (Lipinski definition) is 0. The summed E-state index contributed by atoms with van der Waals surface area (Å²) in [4.78, 5) is 18.5. The maximum atomic E-state index is 13.4. The third-order valence-electron chi connectivity index (χ3n) is 5.07. The summed E-state index contributed by atoms with van der Waals surface area (Å²) < 4.78 is 19.4. The lowest BCUT2D eigenvalue weighted by Gasteiger charge is -2.22. The van der Waals surface area contributed by atoms with Crippen LogP contribution < -0.4 is 4.74 Å². The standard InChI is InChI=1S/C19H19FN2O2/c20-15-4-1-3-13(9-15)19(23)22-11-14-6-7-18(17(14)12-22)24-16-5-2-8-21-10-16/h1-5,8-10,14,17-18H,6-7,11-12H2/t14-,17+,18-/m1/s1. The first-order valence-corrected chi connectivity index (χ1v) is 8.32. The Morgan fingerprint density at radius 1 is 1.21 bits per heavy atom. The highest BCUT2D eigenvalue weighted by Gasteiger charge is 2.45. The molecule has 124 valence electrons. The fourth-order valence-electron chi connectivity index (χ4n) is 3.92. The molecule has 0 radical (unpaired) electrons. The van der Waals surface area contributed by atoms with E-state index in [1.165, 1.54) is 12.1 Å². The first-order valence-electron chi connectivity index (χ1n) is 8.32. The number of pyridine rings is 1. The maximum Gasteiger partial charge on any atom is 0.253 e. The van der Waals surface area contributed by atoms with Crippen LogP contribution in [-0.4, -0.2) is 35.0 Å². The molecule has 1 saturated heterocycles. The molecule has 0 spiro atoms. The third-order valence-corrected chi connectivity index (χ3v) is 5.07. The number of amides is 1. The van der Waals surface area contributed by atoms with E-state index in [1.54, 1.807) is 24.5 Å². The molecule has 1 aliphatic carbocycles. The quantitative estimate of drug-likeness (QED) is 0.870. The van der Waals surface area contributed by atoms with Crippen molar-refractivity contribution in [3.05, 3.63) is 60.2 Å². The minimum atomic E-state index is -0.377. The van der Waals surface area contributed by atoms with Crippen molar-refractivity contribution < 1.29 is 13.9 Å². The molecule has 2 aromatic rings. The van der Waals surface area contributed by atoms with Gasteiger partial charge in [0.1, 0.15) is 17.7 Å². The summed E-state index contributed by atoms with van der Waals surface area (Å²) in [6.45, 7) is 1.40. The number of carbonyl (C=O) groups is 1. The molecule has 0 bridgehead atoms. The number of likely N-dealkylation sites (tertiary alicyclic amines) is 1. The molecule has 4 nitrogen and oxygen atoms in total. The van der Waals surface area contributed by atoms with E-state index in [2.05, 4.69) is 4.98 Å². The van der Waals surface area contributed by atoms with Crippen molar-refractivity contribution >= 4 is 5.91 Å². The minimum absolute atomic E-state index is 0.0935. The van der Waals surface area contributed by atoms with E-state index in [0.717, 1.165) is 25.1 Å². The second-order valence-electron chi connectivity index (χ2n) is 6.57. The number of halogens is 1. The van der Waals surface area contributed by atoms with Gasteiger partial charge in [-0.25, -0.2) is 4.39 Å². The van der Waals surface area contributed by atoms with Crippen LogP contribution in [0, 0.1) is 17.7 Å². The van der Waals surface area contributed by atoms with Crippen LogP contribution >= 0.6 is 0 Å². The number of carbonyl (C=O) groups excluding carboxylic acids is 1. The molecule has 3 atom stereocenters. The number of hydrogen-bond acceptors (Lipinski definition) is 3. The van der Waals surface area contributed by atoms with Crippen molar-refractivity contribution in [2.45, 2.75) is 18.9 Å². The topological polar surface area (TPSA) is 42.4 Å². The highest BCUT2D eigenvalue weighted by atomic mass is 19.1. The first-order chi connectivity index (χ1) is 11.7. The molecule has 2 aliphatic rings. The Morgan fingerprint density at radius 3 is 2.92 bits per heavy atom. The lowest BCUT2D eigenvalue weighted by atomic mass is 9.99. The Labute approximate surface area is 140 Å². The Kier molecular flexibility index (Phi) is 3.92. The van der Waals surface area contributed by atoms with Gasteiger partial charge in [0, 0.05) is 30.8 Å². The summed E-state index contributed by atoms with van der Waals surface area (Å²) in [6.07, 6.45) is 5.62. The Bertz CT molecular complexity index is 737. The van der Waals surface area contributed by atoms with E-state index < -0.39 is 0 Å². The number of aromatic nitrogens is 1. The molecular weight excluding hydrogens is 307 g/mol. The summed E-state index contributed by atoms with van der Waals surface area (Å²) in [7, 11) is 0. The van der Waals surface area contributed by atoms with Gasteiger partial charge in [-0.1, -0.05) is 6.07 Å². The molecule has 2 fully saturated rings. The molecule has 2 heterocycles. The maximum absolute atomic E-state index is 13.4. The molecule has 1 amide bonds. The van der Waals surface area contributed by atoms with E-state index >= 15 is 0 Å². The predicted molar refractivity (Wildman–Crippen MR) is 87.2 cm³/mol. The van der Waals surface area contributed by atoms with Crippen LogP contribution in [0.5, 0.6) is 5.75 Å². The van der Waals surface area contributed by atoms with E-state index in [9.17, 15) is 9.18 Å². The van der Waals surface area contributed by atoms with Crippen molar-refractivity contribution in [3.63, 3.8) is 0 Å². The van der Waals surface area contributed by atoms with Crippen LogP contribution in [-0.2, 0) is 0 Å².